The Labute approximate surface area is 71.6 Å². The van der Waals surface area contributed by atoms with E-state index in [1.54, 1.807) is 0 Å². The molecule has 4 rings (SSSR count). The van der Waals surface area contributed by atoms with Crippen molar-refractivity contribution in [2.45, 2.75) is 25.0 Å². The summed E-state index contributed by atoms with van der Waals surface area (Å²) in [5, 5.41) is 19.8. The second kappa shape index (κ2) is 1.60. The van der Waals surface area contributed by atoms with Crippen LogP contribution in [0.2, 0.25) is 0 Å². The van der Waals surface area contributed by atoms with E-state index < -0.39 is 0 Å². The molecule has 66 valence electrons. The molecular weight excluding hydrogens is 152 g/mol. The standard InChI is InChI=1S/C10H14O2/c11-9-5-1-3-6-2-4(5)8(7(3)9)10(6)12/h3-12H,1-2H2/t3-,4-,5-,6+,7-,8+,9-,10-/m1/s1. The first-order valence-electron chi connectivity index (χ1n) is 5.15. The van der Waals surface area contributed by atoms with Crippen LogP contribution in [-0.2, 0) is 0 Å². The summed E-state index contributed by atoms with van der Waals surface area (Å²) in [5.41, 5.74) is 0. The van der Waals surface area contributed by atoms with E-state index in [2.05, 4.69) is 0 Å². The second-order valence-corrected chi connectivity index (χ2v) is 5.26. The maximum atomic E-state index is 9.91. The van der Waals surface area contributed by atoms with E-state index in [1.165, 1.54) is 12.8 Å². The number of aliphatic hydroxyl groups excluding tert-OH is 2. The predicted molar refractivity (Wildman–Crippen MR) is 42.2 cm³/mol. The average molecular weight is 166 g/mol. The van der Waals surface area contributed by atoms with Crippen molar-refractivity contribution in [3.8, 4) is 0 Å². The van der Waals surface area contributed by atoms with Crippen molar-refractivity contribution in [3.63, 3.8) is 0 Å². The highest BCUT2D eigenvalue weighted by Crippen LogP contribution is 2.72. The Bertz CT molecular complexity index is 226. The van der Waals surface area contributed by atoms with Gasteiger partial charge in [0.1, 0.15) is 0 Å². The lowest BCUT2D eigenvalue weighted by Gasteiger charge is -2.33. The first-order chi connectivity index (χ1) is 5.79. The van der Waals surface area contributed by atoms with E-state index in [0.29, 0.717) is 35.5 Å². The lowest BCUT2D eigenvalue weighted by molar-refractivity contribution is 0.0944. The molecule has 0 spiro atoms. The lowest BCUT2D eigenvalue weighted by atomic mass is 9.71. The van der Waals surface area contributed by atoms with Crippen molar-refractivity contribution >= 4 is 0 Å². The molecule has 0 heterocycles. The predicted octanol–water partition coefficient (Wildman–Crippen LogP) is 0.240. The van der Waals surface area contributed by atoms with Gasteiger partial charge in [-0.3, -0.25) is 0 Å². The molecule has 2 N–H and O–H groups in total. The summed E-state index contributed by atoms with van der Waals surface area (Å²) in [6.07, 6.45) is 2.34. The van der Waals surface area contributed by atoms with Crippen LogP contribution in [-0.4, -0.2) is 22.4 Å². The highest BCUT2D eigenvalue weighted by atomic mass is 16.3. The van der Waals surface area contributed by atoms with E-state index in [1.807, 2.05) is 0 Å². The number of hydrogen-bond acceptors (Lipinski definition) is 2. The van der Waals surface area contributed by atoms with Gasteiger partial charge in [-0.05, 0) is 48.3 Å². The molecular formula is C10H14O2. The van der Waals surface area contributed by atoms with Crippen LogP contribution in [0.3, 0.4) is 0 Å². The summed E-state index contributed by atoms with van der Waals surface area (Å²) < 4.78 is 0. The van der Waals surface area contributed by atoms with Gasteiger partial charge in [0.05, 0.1) is 12.2 Å². The molecule has 4 aliphatic carbocycles. The van der Waals surface area contributed by atoms with E-state index in [9.17, 15) is 10.2 Å². The third kappa shape index (κ3) is 0.409. The Balaban J connectivity index is 1.92. The van der Waals surface area contributed by atoms with Gasteiger partial charge in [0.25, 0.3) is 0 Å². The van der Waals surface area contributed by atoms with Crippen molar-refractivity contribution < 1.29 is 10.2 Å². The Kier molecular flexibility index (Phi) is 0.851. The Morgan fingerprint density at radius 3 is 1.42 bits per heavy atom. The van der Waals surface area contributed by atoms with Gasteiger partial charge in [-0.15, -0.1) is 0 Å². The van der Waals surface area contributed by atoms with Gasteiger partial charge in [-0.1, -0.05) is 0 Å². The molecule has 4 saturated carbocycles. The van der Waals surface area contributed by atoms with Crippen molar-refractivity contribution in [2.75, 3.05) is 0 Å². The third-order valence-electron chi connectivity index (χ3n) is 5.29. The van der Waals surface area contributed by atoms with Crippen LogP contribution in [0.4, 0.5) is 0 Å². The van der Waals surface area contributed by atoms with Crippen LogP contribution < -0.4 is 0 Å². The zero-order valence-electron chi connectivity index (χ0n) is 6.93. The number of fused-ring (bicyclic) bond motifs is 4. The van der Waals surface area contributed by atoms with E-state index >= 15 is 0 Å². The molecule has 2 nitrogen and oxygen atoms in total. The average Bonchev–Trinajstić information content (AvgIpc) is 2.68. The minimum absolute atomic E-state index is 0.0489. The van der Waals surface area contributed by atoms with Crippen LogP contribution in [0.5, 0.6) is 0 Å². The lowest BCUT2D eigenvalue weighted by Crippen LogP contribution is -2.27. The Morgan fingerprint density at radius 1 is 0.667 bits per heavy atom. The largest absolute Gasteiger partial charge is 0.393 e. The van der Waals surface area contributed by atoms with Gasteiger partial charge in [0, 0.05) is 0 Å². The summed E-state index contributed by atoms with van der Waals surface area (Å²) in [6, 6.07) is 0. The maximum Gasteiger partial charge on any atom is 0.0605 e. The smallest absolute Gasteiger partial charge is 0.0605 e. The van der Waals surface area contributed by atoms with Crippen LogP contribution >= 0.6 is 0 Å². The first kappa shape index (κ1) is 6.39. The summed E-state index contributed by atoms with van der Waals surface area (Å²) in [6.45, 7) is 0. The molecule has 0 aromatic heterocycles. The topological polar surface area (TPSA) is 40.5 Å². The fourth-order valence-electron chi connectivity index (χ4n) is 5.10. The Morgan fingerprint density at radius 2 is 1.08 bits per heavy atom. The van der Waals surface area contributed by atoms with Gasteiger partial charge < -0.3 is 10.2 Å². The van der Waals surface area contributed by atoms with Gasteiger partial charge in [-0.2, -0.15) is 0 Å². The van der Waals surface area contributed by atoms with Crippen LogP contribution in [0, 0.1) is 35.5 Å². The Hall–Kier alpha value is -0.0800. The molecule has 4 aliphatic rings. The van der Waals surface area contributed by atoms with Gasteiger partial charge in [0.15, 0.2) is 0 Å². The highest BCUT2D eigenvalue weighted by Gasteiger charge is 2.72. The molecule has 0 aliphatic heterocycles. The van der Waals surface area contributed by atoms with Crippen molar-refractivity contribution in [1.29, 1.82) is 0 Å². The SMILES string of the molecule is O[C@@H]1[C@@H]2C[C@@H]3[C@@H]4C[C@H]2[C@H]([C@@H]4O)[C@H]13. The normalized spacial score (nSPS) is 76.5. The molecule has 0 amide bonds. The van der Waals surface area contributed by atoms with Crippen LogP contribution in [0.1, 0.15) is 12.8 Å². The van der Waals surface area contributed by atoms with Crippen LogP contribution in [0.15, 0.2) is 0 Å². The van der Waals surface area contributed by atoms with E-state index in [4.69, 9.17) is 0 Å². The molecule has 0 saturated heterocycles. The number of hydrogen-bond donors (Lipinski definition) is 2. The number of rotatable bonds is 0. The molecule has 2 heteroatoms. The molecule has 12 heavy (non-hydrogen) atoms. The monoisotopic (exact) mass is 166 g/mol. The minimum atomic E-state index is -0.0489. The molecule has 0 radical (unpaired) electrons. The fraction of sp³-hybridized carbons (Fsp3) is 1.00. The molecule has 0 aromatic carbocycles. The minimum Gasteiger partial charge on any atom is -0.393 e. The molecule has 8 atom stereocenters. The first-order valence-corrected chi connectivity index (χ1v) is 5.15. The maximum absolute atomic E-state index is 9.91. The molecule has 0 aromatic rings. The van der Waals surface area contributed by atoms with E-state index in [-0.39, 0.29) is 12.2 Å². The summed E-state index contributed by atoms with van der Waals surface area (Å²) in [7, 11) is 0. The van der Waals surface area contributed by atoms with E-state index in [0.717, 1.165) is 0 Å². The molecule has 0 unspecified atom stereocenters. The van der Waals surface area contributed by atoms with Gasteiger partial charge in [0.2, 0.25) is 0 Å². The van der Waals surface area contributed by atoms with Crippen LogP contribution in [0.25, 0.3) is 0 Å². The molecule has 4 bridgehead atoms. The zero-order chi connectivity index (χ0) is 8.03. The summed E-state index contributed by atoms with van der Waals surface area (Å²) in [4.78, 5) is 0. The zero-order valence-corrected chi connectivity index (χ0v) is 6.93. The third-order valence-corrected chi connectivity index (χ3v) is 5.29. The van der Waals surface area contributed by atoms with Gasteiger partial charge >= 0.3 is 0 Å². The van der Waals surface area contributed by atoms with Crippen molar-refractivity contribution in [3.05, 3.63) is 0 Å². The van der Waals surface area contributed by atoms with Crippen molar-refractivity contribution in [2.24, 2.45) is 35.5 Å². The number of aliphatic hydroxyl groups is 2. The van der Waals surface area contributed by atoms with Gasteiger partial charge in [-0.25, -0.2) is 0 Å². The molecule has 4 fully saturated rings. The summed E-state index contributed by atoms with van der Waals surface area (Å²) >= 11 is 0. The van der Waals surface area contributed by atoms with Crippen molar-refractivity contribution in [1.82, 2.24) is 0 Å². The fourth-order valence-corrected chi connectivity index (χ4v) is 5.10. The second-order valence-electron chi connectivity index (χ2n) is 5.26. The highest BCUT2D eigenvalue weighted by molar-refractivity contribution is 5.20. The summed E-state index contributed by atoms with van der Waals surface area (Å²) in [5.74, 6) is 3.50. The quantitative estimate of drug-likeness (QED) is 0.541.